The zero-order chi connectivity index (χ0) is 13.4. The van der Waals surface area contributed by atoms with E-state index in [1.807, 2.05) is 0 Å². The normalized spacial score (nSPS) is 20.0. The number of esters is 1. The first-order chi connectivity index (χ1) is 8.63. The van der Waals surface area contributed by atoms with Gasteiger partial charge in [0.1, 0.15) is 0 Å². The van der Waals surface area contributed by atoms with Crippen molar-refractivity contribution in [2.75, 3.05) is 26.7 Å². The van der Waals surface area contributed by atoms with Gasteiger partial charge in [0, 0.05) is 13.0 Å². The largest absolute Gasteiger partial charge is 0.469 e. The summed E-state index contributed by atoms with van der Waals surface area (Å²) in [5, 5.41) is 6.12. The van der Waals surface area contributed by atoms with Crippen molar-refractivity contribution >= 4 is 24.3 Å². The van der Waals surface area contributed by atoms with Crippen LogP contribution in [0, 0.1) is 11.8 Å². The molecule has 5 nitrogen and oxygen atoms in total. The summed E-state index contributed by atoms with van der Waals surface area (Å²) in [5.74, 6) is 0.706. The van der Waals surface area contributed by atoms with Crippen molar-refractivity contribution in [3.05, 3.63) is 0 Å². The number of piperidine rings is 1. The summed E-state index contributed by atoms with van der Waals surface area (Å²) in [5.41, 5.74) is 0. The monoisotopic (exact) mass is 292 g/mol. The minimum absolute atomic E-state index is 0. The molecule has 1 amide bonds. The summed E-state index contributed by atoms with van der Waals surface area (Å²) >= 11 is 0. The number of hydrogen-bond donors (Lipinski definition) is 2. The molecule has 0 spiro atoms. The van der Waals surface area contributed by atoms with Gasteiger partial charge in [0.2, 0.25) is 5.91 Å². The first-order valence-electron chi connectivity index (χ1n) is 6.67. The van der Waals surface area contributed by atoms with E-state index in [9.17, 15) is 9.59 Å². The molecule has 0 saturated carbocycles. The third kappa shape index (κ3) is 7.38. The molecule has 2 atom stereocenters. The second-order valence-corrected chi connectivity index (χ2v) is 4.96. The van der Waals surface area contributed by atoms with Gasteiger partial charge in [-0.15, -0.1) is 12.4 Å². The van der Waals surface area contributed by atoms with Gasteiger partial charge < -0.3 is 15.4 Å². The van der Waals surface area contributed by atoms with Gasteiger partial charge in [0.15, 0.2) is 0 Å². The van der Waals surface area contributed by atoms with Crippen molar-refractivity contribution < 1.29 is 14.3 Å². The summed E-state index contributed by atoms with van der Waals surface area (Å²) in [6.45, 7) is 4.59. The topological polar surface area (TPSA) is 67.4 Å². The smallest absolute Gasteiger partial charge is 0.307 e. The molecule has 1 rings (SSSR count). The number of carbonyl (C=O) groups excluding carboxylic acids is 2. The number of amides is 1. The van der Waals surface area contributed by atoms with Crippen LogP contribution >= 0.6 is 12.4 Å². The number of rotatable bonds is 6. The minimum Gasteiger partial charge on any atom is -0.469 e. The van der Waals surface area contributed by atoms with Crippen LogP contribution in [-0.4, -0.2) is 38.6 Å². The summed E-state index contributed by atoms with van der Waals surface area (Å²) in [6, 6.07) is 0. The van der Waals surface area contributed by atoms with Crippen LogP contribution in [0.2, 0.25) is 0 Å². The molecule has 0 aromatic rings. The minimum atomic E-state index is -0.292. The number of ether oxygens (including phenoxy) is 1. The number of halogens is 1. The Morgan fingerprint density at radius 3 is 2.79 bits per heavy atom. The van der Waals surface area contributed by atoms with Crippen LogP contribution in [0.1, 0.15) is 32.6 Å². The molecule has 0 bridgehead atoms. The van der Waals surface area contributed by atoms with Gasteiger partial charge in [-0.2, -0.15) is 0 Å². The second-order valence-electron chi connectivity index (χ2n) is 4.96. The van der Waals surface area contributed by atoms with Crippen LogP contribution in [0.15, 0.2) is 0 Å². The molecule has 19 heavy (non-hydrogen) atoms. The van der Waals surface area contributed by atoms with E-state index < -0.39 is 0 Å². The predicted octanol–water partition coefficient (Wildman–Crippen LogP) is 1.11. The van der Waals surface area contributed by atoms with Crippen molar-refractivity contribution in [2.45, 2.75) is 32.6 Å². The highest BCUT2D eigenvalue weighted by atomic mass is 35.5. The standard InChI is InChI=1S/C13H24N2O3.ClH/c1-10(11-4-3-6-14-9-11)8-12(16)15-7-5-13(17)18-2;/h10-11,14H,3-9H2,1-2H3,(H,15,16);1H. The molecular formula is C13H25ClN2O3. The van der Waals surface area contributed by atoms with Gasteiger partial charge in [-0.25, -0.2) is 0 Å². The average molecular weight is 293 g/mol. The van der Waals surface area contributed by atoms with E-state index in [0.717, 1.165) is 13.1 Å². The van der Waals surface area contributed by atoms with E-state index in [-0.39, 0.29) is 30.7 Å². The summed E-state index contributed by atoms with van der Waals surface area (Å²) in [6.07, 6.45) is 3.16. The highest BCUT2D eigenvalue weighted by Crippen LogP contribution is 2.22. The van der Waals surface area contributed by atoms with Crippen LogP contribution in [0.5, 0.6) is 0 Å². The molecule has 112 valence electrons. The molecular weight excluding hydrogens is 268 g/mol. The van der Waals surface area contributed by atoms with Gasteiger partial charge in [-0.05, 0) is 37.8 Å². The molecule has 1 aliphatic rings. The van der Waals surface area contributed by atoms with E-state index in [0.29, 0.717) is 24.8 Å². The maximum Gasteiger partial charge on any atom is 0.307 e. The van der Waals surface area contributed by atoms with Crippen LogP contribution in [0.25, 0.3) is 0 Å². The number of methoxy groups -OCH3 is 1. The van der Waals surface area contributed by atoms with E-state index in [2.05, 4.69) is 22.3 Å². The van der Waals surface area contributed by atoms with Gasteiger partial charge in [0.05, 0.1) is 13.5 Å². The average Bonchev–Trinajstić information content (AvgIpc) is 2.39. The Hall–Kier alpha value is -0.810. The first kappa shape index (κ1) is 18.2. The molecule has 1 heterocycles. The third-order valence-electron chi connectivity index (χ3n) is 3.53. The Labute approximate surface area is 121 Å². The zero-order valence-electron chi connectivity index (χ0n) is 11.7. The van der Waals surface area contributed by atoms with Crippen molar-refractivity contribution in [3.8, 4) is 0 Å². The van der Waals surface area contributed by atoms with Crippen LogP contribution < -0.4 is 10.6 Å². The SMILES string of the molecule is COC(=O)CCNC(=O)CC(C)C1CCCNC1.Cl. The van der Waals surface area contributed by atoms with Crippen LogP contribution in [0.3, 0.4) is 0 Å². The fourth-order valence-corrected chi connectivity index (χ4v) is 2.30. The number of nitrogens with one attached hydrogen (secondary N) is 2. The highest BCUT2D eigenvalue weighted by molar-refractivity contribution is 5.85. The summed E-state index contributed by atoms with van der Waals surface area (Å²) in [7, 11) is 1.35. The number of carbonyl (C=O) groups is 2. The van der Waals surface area contributed by atoms with Crippen molar-refractivity contribution in [3.63, 3.8) is 0 Å². The third-order valence-corrected chi connectivity index (χ3v) is 3.53. The quantitative estimate of drug-likeness (QED) is 0.720. The van der Waals surface area contributed by atoms with E-state index in [1.54, 1.807) is 0 Å². The Balaban J connectivity index is 0.00000324. The Kier molecular flexibility index (Phi) is 9.61. The van der Waals surface area contributed by atoms with E-state index >= 15 is 0 Å². The molecule has 0 radical (unpaired) electrons. The Bertz CT molecular complexity index is 281. The van der Waals surface area contributed by atoms with Gasteiger partial charge in [-0.1, -0.05) is 6.92 Å². The molecule has 6 heteroatoms. The molecule has 0 aliphatic carbocycles. The fourth-order valence-electron chi connectivity index (χ4n) is 2.30. The number of hydrogen-bond acceptors (Lipinski definition) is 4. The summed E-state index contributed by atoms with van der Waals surface area (Å²) < 4.78 is 4.51. The molecule has 0 aromatic heterocycles. The molecule has 1 fully saturated rings. The lowest BCUT2D eigenvalue weighted by Crippen LogP contribution is -2.36. The first-order valence-corrected chi connectivity index (χ1v) is 6.67. The predicted molar refractivity (Wildman–Crippen MR) is 76.3 cm³/mol. The van der Waals surface area contributed by atoms with Crippen LogP contribution in [-0.2, 0) is 14.3 Å². The lowest BCUT2D eigenvalue weighted by Gasteiger charge is -2.27. The van der Waals surface area contributed by atoms with Gasteiger partial charge in [-0.3, -0.25) is 9.59 Å². The molecule has 1 saturated heterocycles. The lowest BCUT2D eigenvalue weighted by atomic mass is 9.85. The van der Waals surface area contributed by atoms with Crippen LogP contribution in [0.4, 0.5) is 0 Å². The second kappa shape index (κ2) is 10.0. The molecule has 2 unspecified atom stereocenters. The molecule has 0 aromatic carbocycles. The lowest BCUT2D eigenvalue weighted by molar-refractivity contribution is -0.140. The van der Waals surface area contributed by atoms with E-state index in [4.69, 9.17) is 0 Å². The maximum atomic E-state index is 11.7. The highest BCUT2D eigenvalue weighted by Gasteiger charge is 2.21. The molecule has 2 N–H and O–H groups in total. The van der Waals surface area contributed by atoms with E-state index in [1.165, 1.54) is 20.0 Å². The summed E-state index contributed by atoms with van der Waals surface area (Å²) in [4.78, 5) is 22.6. The van der Waals surface area contributed by atoms with Crippen molar-refractivity contribution in [2.24, 2.45) is 11.8 Å². The maximum absolute atomic E-state index is 11.7. The Morgan fingerprint density at radius 2 is 2.21 bits per heavy atom. The van der Waals surface area contributed by atoms with Gasteiger partial charge >= 0.3 is 5.97 Å². The Morgan fingerprint density at radius 1 is 1.47 bits per heavy atom. The van der Waals surface area contributed by atoms with Crippen molar-refractivity contribution in [1.29, 1.82) is 0 Å². The zero-order valence-corrected chi connectivity index (χ0v) is 12.6. The van der Waals surface area contributed by atoms with Gasteiger partial charge in [0.25, 0.3) is 0 Å². The fraction of sp³-hybridized carbons (Fsp3) is 0.846. The molecule has 1 aliphatic heterocycles. The van der Waals surface area contributed by atoms with Crippen molar-refractivity contribution in [1.82, 2.24) is 10.6 Å².